The van der Waals surface area contributed by atoms with Gasteiger partial charge in [0.2, 0.25) is 11.6 Å². The van der Waals surface area contributed by atoms with Crippen molar-refractivity contribution in [2.24, 2.45) is 5.73 Å². The molecule has 9 nitrogen and oxygen atoms in total. The average molecular weight is 408 g/mol. The molecule has 3 aromatic rings. The predicted molar refractivity (Wildman–Crippen MR) is 109 cm³/mol. The molecule has 1 heterocycles. The first kappa shape index (κ1) is 20.6. The van der Waals surface area contributed by atoms with Crippen molar-refractivity contribution in [1.29, 1.82) is 0 Å². The number of methoxy groups -OCH3 is 1. The third-order valence-electron chi connectivity index (χ3n) is 4.20. The van der Waals surface area contributed by atoms with Gasteiger partial charge in [0.25, 0.3) is 5.91 Å². The van der Waals surface area contributed by atoms with E-state index in [4.69, 9.17) is 15.2 Å². The lowest BCUT2D eigenvalue weighted by Gasteiger charge is -2.13. The van der Waals surface area contributed by atoms with Crippen LogP contribution in [0.15, 0.2) is 60.8 Å². The number of amides is 2. The highest BCUT2D eigenvalue weighted by molar-refractivity contribution is 5.98. The number of hydrogen-bond donors (Lipinski definition) is 2. The summed E-state index contributed by atoms with van der Waals surface area (Å²) in [4.78, 5) is 36.0. The number of anilines is 1. The van der Waals surface area contributed by atoms with Gasteiger partial charge in [0.15, 0.2) is 11.9 Å². The van der Waals surface area contributed by atoms with E-state index in [0.717, 1.165) is 5.69 Å². The number of carbonyl (C=O) groups excluding carboxylic acids is 3. The van der Waals surface area contributed by atoms with Crippen molar-refractivity contribution in [3.8, 4) is 11.4 Å². The van der Waals surface area contributed by atoms with Crippen molar-refractivity contribution in [2.45, 2.75) is 13.0 Å². The van der Waals surface area contributed by atoms with E-state index < -0.39 is 23.9 Å². The summed E-state index contributed by atoms with van der Waals surface area (Å²) in [5.74, 6) is -1.69. The Morgan fingerprint density at radius 2 is 1.73 bits per heavy atom. The van der Waals surface area contributed by atoms with Gasteiger partial charge in [0.05, 0.1) is 19.0 Å². The molecule has 154 valence electrons. The van der Waals surface area contributed by atoms with Gasteiger partial charge in [-0.3, -0.25) is 9.59 Å². The molecule has 0 aliphatic rings. The summed E-state index contributed by atoms with van der Waals surface area (Å²) >= 11 is 0. The molecule has 2 amide bonds. The fraction of sp³-hybridized carbons (Fsp3) is 0.143. The van der Waals surface area contributed by atoms with E-state index in [9.17, 15) is 14.4 Å². The van der Waals surface area contributed by atoms with E-state index in [1.54, 1.807) is 6.20 Å². The standard InChI is InChI=1S/C21H20N4O5/c1-13(20(27)23-15-10-8-14(9-11-15)19(22)26)30-21(28)18-17(29-2)12-25(24-18)16-6-4-3-5-7-16/h3-13H,1-2H3,(H2,22,26)(H,23,27)/t13-/m0/s1. The number of primary amides is 1. The van der Waals surface area contributed by atoms with Crippen LogP contribution in [0.3, 0.4) is 0 Å². The molecule has 1 atom stereocenters. The fourth-order valence-corrected chi connectivity index (χ4v) is 2.59. The number of benzene rings is 2. The van der Waals surface area contributed by atoms with Crippen LogP contribution in [0.5, 0.6) is 5.75 Å². The second-order valence-corrected chi connectivity index (χ2v) is 6.30. The van der Waals surface area contributed by atoms with Crippen LogP contribution in [0.4, 0.5) is 5.69 Å². The average Bonchev–Trinajstić information content (AvgIpc) is 3.19. The normalized spacial score (nSPS) is 11.4. The Labute approximate surface area is 172 Å². The van der Waals surface area contributed by atoms with Crippen LogP contribution in [0.2, 0.25) is 0 Å². The monoisotopic (exact) mass is 408 g/mol. The number of carbonyl (C=O) groups is 3. The van der Waals surface area contributed by atoms with E-state index in [0.29, 0.717) is 11.3 Å². The zero-order chi connectivity index (χ0) is 21.7. The van der Waals surface area contributed by atoms with Crippen LogP contribution in [0, 0.1) is 0 Å². The summed E-state index contributed by atoms with van der Waals surface area (Å²) in [6.07, 6.45) is 0.455. The highest BCUT2D eigenvalue weighted by Crippen LogP contribution is 2.21. The smallest absolute Gasteiger partial charge is 0.363 e. The topological polar surface area (TPSA) is 126 Å². The van der Waals surface area contributed by atoms with Crippen LogP contribution in [-0.4, -0.2) is 40.8 Å². The minimum atomic E-state index is -1.10. The number of nitrogens with two attached hydrogens (primary N) is 1. The number of rotatable bonds is 7. The summed E-state index contributed by atoms with van der Waals surface area (Å²) in [7, 11) is 1.41. The Morgan fingerprint density at radius 3 is 2.33 bits per heavy atom. The molecule has 3 N–H and O–H groups in total. The lowest BCUT2D eigenvalue weighted by atomic mass is 10.2. The number of ether oxygens (including phenoxy) is 2. The molecule has 0 fully saturated rings. The van der Waals surface area contributed by atoms with E-state index in [1.807, 2.05) is 30.3 Å². The lowest BCUT2D eigenvalue weighted by molar-refractivity contribution is -0.123. The molecule has 0 unspecified atom stereocenters. The van der Waals surface area contributed by atoms with Crippen molar-refractivity contribution < 1.29 is 23.9 Å². The van der Waals surface area contributed by atoms with Crippen LogP contribution in [-0.2, 0) is 9.53 Å². The zero-order valence-corrected chi connectivity index (χ0v) is 16.4. The van der Waals surface area contributed by atoms with Crippen LogP contribution in [0.1, 0.15) is 27.8 Å². The van der Waals surface area contributed by atoms with Crippen molar-refractivity contribution >= 4 is 23.5 Å². The van der Waals surface area contributed by atoms with Gasteiger partial charge in [-0.1, -0.05) is 18.2 Å². The van der Waals surface area contributed by atoms with Gasteiger partial charge >= 0.3 is 5.97 Å². The Bertz CT molecular complexity index is 1060. The molecule has 1 aromatic heterocycles. The van der Waals surface area contributed by atoms with E-state index in [-0.39, 0.29) is 11.4 Å². The van der Waals surface area contributed by atoms with Gasteiger partial charge in [-0.05, 0) is 43.3 Å². The molecular formula is C21H20N4O5. The second-order valence-electron chi connectivity index (χ2n) is 6.30. The summed E-state index contributed by atoms with van der Waals surface area (Å²) in [5.41, 5.74) is 6.61. The number of nitrogens with zero attached hydrogens (tertiary/aromatic N) is 2. The second kappa shape index (κ2) is 8.91. The molecule has 9 heteroatoms. The molecule has 0 saturated carbocycles. The molecule has 0 bridgehead atoms. The maximum absolute atomic E-state index is 12.5. The Morgan fingerprint density at radius 1 is 1.07 bits per heavy atom. The number of aromatic nitrogens is 2. The quantitative estimate of drug-likeness (QED) is 0.577. The van der Waals surface area contributed by atoms with Crippen LogP contribution >= 0.6 is 0 Å². The SMILES string of the molecule is COc1cn(-c2ccccc2)nc1C(=O)O[C@@H](C)C(=O)Nc1ccc(C(N)=O)cc1. The van der Waals surface area contributed by atoms with Crippen molar-refractivity contribution in [2.75, 3.05) is 12.4 Å². The van der Waals surface area contributed by atoms with Crippen LogP contribution in [0.25, 0.3) is 5.69 Å². The van der Waals surface area contributed by atoms with E-state index >= 15 is 0 Å². The molecule has 0 spiro atoms. The summed E-state index contributed by atoms with van der Waals surface area (Å²) in [6.45, 7) is 1.44. The molecule has 0 radical (unpaired) electrons. The molecule has 30 heavy (non-hydrogen) atoms. The van der Waals surface area contributed by atoms with E-state index in [1.165, 1.54) is 43.0 Å². The summed E-state index contributed by atoms with van der Waals surface area (Å²) < 4.78 is 11.9. The Hall–Kier alpha value is -4.14. The number of nitrogens with one attached hydrogen (secondary N) is 1. The van der Waals surface area contributed by atoms with Crippen molar-refractivity contribution in [3.63, 3.8) is 0 Å². The number of hydrogen-bond acceptors (Lipinski definition) is 6. The van der Waals surface area contributed by atoms with Gasteiger partial charge < -0.3 is 20.5 Å². The largest absolute Gasteiger partial charge is 0.493 e. The molecule has 0 aliphatic heterocycles. The van der Waals surface area contributed by atoms with Gasteiger partial charge in [0, 0.05) is 11.3 Å². The summed E-state index contributed by atoms with van der Waals surface area (Å²) in [5, 5.41) is 6.81. The predicted octanol–water partition coefficient (Wildman–Crippen LogP) is 2.16. The lowest BCUT2D eigenvalue weighted by Crippen LogP contribution is -2.30. The number of esters is 1. The maximum atomic E-state index is 12.5. The molecule has 2 aromatic carbocycles. The van der Waals surface area contributed by atoms with Gasteiger partial charge in [-0.2, -0.15) is 5.10 Å². The third-order valence-corrected chi connectivity index (χ3v) is 4.20. The van der Waals surface area contributed by atoms with Crippen molar-refractivity contribution in [1.82, 2.24) is 9.78 Å². The molecule has 0 aliphatic carbocycles. The molecule has 3 rings (SSSR count). The van der Waals surface area contributed by atoms with Gasteiger partial charge in [-0.25, -0.2) is 9.48 Å². The van der Waals surface area contributed by atoms with Gasteiger partial charge in [-0.15, -0.1) is 0 Å². The number of para-hydroxylation sites is 1. The first-order chi connectivity index (χ1) is 14.4. The molecule has 0 saturated heterocycles. The minimum absolute atomic E-state index is 0.0492. The molecular weight excluding hydrogens is 388 g/mol. The first-order valence-electron chi connectivity index (χ1n) is 9.00. The van der Waals surface area contributed by atoms with Crippen LogP contribution < -0.4 is 15.8 Å². The van der Waals surface area contributed by atoms with Gasteiger partial charge in [0.1, 0.15) is 0 Å². The Balaban J connectivity index is 1.68. The zero-order valence-electron chi connectivity index (χ0n) is 16.4. The van der Waals surface area contributed by atoms with Crippen molar-refractivity contribution in [3.05, 3.63) is 72.1 Å². The minimum Gasteiger partial charge on any atom is -0.493 e. The third kappa shape index (κ3) is 4.64. The highest BCUT2D eigenvalue weighted by Gasteiger charge is 2.25. The summed E-state index contributed by atoms with van der Waals surface area (Å²) in [6, 6.07) is 15.2. The maximum Gasteiger partial charge on any atom is 0.363 e. The van der Waals surface area contributed by atoms with E-state index in [2.05, 4.69) is 10.4 Å². The highest BCUT2D eigenvalue weighted by atomic mass is 16.6. The fourth-order valence-electron chi connectivity index (χ4n) is 2.59. The Kier molecular flexibility index (Phi) is 6.11. The first-order valence-corrected chi connectivity index (χ1v) is 9.00.